The van der Waals surface area contributed by atoms with Crippen LogP contribution in [0, 0.1) is 19.8 Å². The summed E-state index contributed by atoms with van der Waals surface area (Å²) in [5.74, 6) is 1.47. The van der Waals surface area contributed by atoms with Crippen molar-refractivity contribution < 1.29 is 0 Å². The van der Waals surface area contributed by atoms with Gasteiger partial charge in [0.25, 0.3) is 0 Å². The van der Waals surface area contributed by atoms with Gasteiger partial charge in [-0.05, 0) is 49.4 Å². The van der Waals surface area contributed by atoms with Crippen LogP contribution in [-0.2, 0) is 6.54 Å². The maximum Gasteiger partial charge on any atom is 0.0226 e. The number of nitrogens with one attached hydrogen (secondary N) is 1. The Morgan fingerprint density at radius 3 is 2.41 bits per heavy atom. The highest BCUT2D eigenvalue weighted by atomic mass is 35.5. The zero-order valence-electron chi connectivity index (χ0n) is 11.2. The lowest BCUT2D eigenvalue weighted by molar-refractivity contribution is 0.451. The van der Waals surface area contributed by atoms with E-state index >= 15 is 0 Å². The Hall–Kier alpha value is -0.530. The van der Waals surface area contributed by atoms with E-state index in [2.05, 4.69) is 44.3 Å². The summed E-state index contributed by atoms with van der Waals surface area (Å²) in [7, 11) is 0. The van der Waals surface area contributed by atoms with E-state index in [0.717, 1.165) is 25.4 Å². The number of aryl methyl sites for hydroxylation is 2. The van der Waals surface area contributed by atoms with Gasteiger partial charge in [-0.3, -0.25) is 0 Å². The Bertz CT molecular complexity index is 315. The van der Waals surface area contributed by atoms with Crippen molar-refractivity contribution in [1.82, 2.24) is 5.32 Å². The van der Waals surface area contributed by atoms with E-state index in [1.807, 2.05) is 0 Å². The van der Waals surface area contributed by atoms with E-state index < -0.39 is 0 Å². The third-order valence-electron chi connectivity index (χ3n) is 3.47. The van der Waals surface area contributed by atoms with Crippen LogP contribution in [0.4, 0.5) is 0 Å². The van der Waals surface area contributed by atoms with Crippen LogP contribution >= 0.6 is 11.6 Å². The van der Waals surface area contributed by atoms with Crippen molar-refractivity contribution in [2.75, 3.05) is 12.4 Å². The van der Waals surface area contributed by atoms with Crippen molar-refractivity contribution in [3.05, 3.63) is 34.9 Å². The average molecular weight is 254 g/mol. The fourth-order valence-corrected chi connectivity index (χ4v) is 2.44. The highest BCUT2D eigenvalue weighted by Gasteiger charge is 2.06. The summed E-state index contributed by atoms with van der Waals surface area (Å²) in [6.07, 6.45) is 2.31. The van der Waals surface area contributed by atoms with Crippen LogP contribution in [0.2, 0.25) is 0 Å². The first-order chi connectivity index (χ1) is 8.19. The zero-order valence-corrected chi connectivity index (χ0v) is 12.0. The summed E-state index contributed by atoms with van der Waals surface area (Å²) < 4.78 is 0. The van der Waals surface area contributed by atoms with Crippen LogP contribution in [0.25, 0.3) is 0 Å². The van der Waals surface area contributed by atoms with E-state index in [4.69, 9.17) is 11.6 Å². The molecule has 96 valence electrons. The van der Waals surface area contributed by atoms with Crippen molar-refractivity contribution in [2.24, 2.45) is 5.92 Å². The smallest absolute Gasteiger partial charge is 0.0226 e. The summed E-state index contributed by atoms with van der Waals surface area (Å²) in [5, 5.41) is 3.56. The van der Waals surface area contributed by atoms with Gasteiger partial charge in [0.05, 0.1) is 0 Å². The third-order valence-corrected chi connectivity index (χ3v) is 3.69. The van der Waals surface area contributed by atoms with E-state index in [9.17, 15) is 0 Å². The first-order valence-electron chi connectivity index (χ1n) is 6.50. The molecule has 0 radical (unpaired) electrons. The molecule has 1 nitrogen and oxygen atoms in total. The fourth-order valence-electron chi connectivity index (χ4n) is 2.13. The van der Waals surface area contributed by atoms with Crippen LogP contribution in [0.1, 0.15) is 36.5 Å². The molecule has 0 aromatic heterocycles. The Labute approximate surface area is 111 Å². The maximum atomic E-state index is 5.79. The van der Waals surface area contributed by atoms with Crippen LogP contribution in [0.3, 0.4) is 0 Å². The Morgan fingerprint density at radius 2 is 1.88 bits per heavy atom. The molecule has 0 aliphatic rings. The van der Waals surface area contributed by atoms with E-state index in [1.165, 1.54) is 23.1 Å². The second-order valence-electron chi connectivity index (χ2n) is 4.75. The van der Waals surface area contributed by atoms with Gasteiger partial charge in [-0.15, -0.1) is 11.6 Å². The molecule has 0 fully saturated rings. The quantitative estimate of drug-likeness (QED) is 0.723. The van der Waals surface area contributed by atoms with Gasteiger partial charge in [-0.25, -0.2) is 0 Å². The molecule has 0 aliphatic heterocycles. The van der Waals surface area contributed by atoms with Crippen LogP contribution in [0.5, 0.6) is 0 Å². The Morgan fingerprint density at radius 1 is 1.24 bits per heavy atom. The molecule has 2 heteroatoms. The van der Waals surface area contributed by atoms with E-state index in [-0.39, 0.29) is 0 Å². The molecule has 1 N–H and O–H groups in total. The van der Waals surface area contributed by atoms with Crippen molar-refractivity contribution in [3.63, 3.8) is 0 Å². The van der Waals surface area contributed by atoms with Gasteiger partial charge in [0, 0.05) is 12.4 Å². The van der Waals surface area contributed by atoms with Crippen molar-refractivity contribution in [2.45, 2.75) is 40.2 Å². The summed E-state index contributed by atoms with van der Waals surface area (Å²) in [5.41, 5.74) is 4.19. The van der Waals surface area contributed by atoms with Crippen LogP contribution in [-0.4, -0.2) is 12.4 Å². The van der Waals surface area contributed by atoms with E-state index in [0.29, 0.717) is 5.92 Å². The highest BCUT2D eigenvalue weighted by Crippen LogP contribution is 2.13. The first-order valence-corrected chi connectivity index (χ1v) is 7.04. The molecule has 1 atom stereocenters. The largest absolute Gasteiger partial charge is 0.312 e. The molecule has 0 heterocycles. The fraction of sp³-hybridized carbons (Fsp3) is 0.600. The molecule has 0 saturated heterocycles. The molecule has 1 aromatic rings. The Kier molecular flexibility index (Phi) is 6.61. The SMILES string of the molecule is CCC(CCCl)CNCc1c(C)cccc1C. The number of rotatable bonds is 7. The third kappa shape index (κ3) is 4.69. The van der Waals surface area contributed by atoms with Crippen LogP contribution < -0.4 is 5.32 Å². The van der Waals surface area contributed by atoms with Crippen molar-refractivity contribution in [3.8, 4) is 0 Å². The molecule has 0 bridgehead atoms. The van der Waals surface area contributed by atoms with Crippen molar-refractivity contribution >= 4 is 11.6 Å². The molecule has 0 aliphatic carbocycles. The molecule has 0 spiro atoms. The maximum absolute atomic E-state index is 5.79. The molecule has 17 heavy (non-hydrogen) atoms. The van der Waals surface area contributed by atoms with Gasteiger partial charge < -0.3 is 5.32 Å². The van der Waals surface area contributed by atoms with Gasteiger partial charge in [-0.2, -0.15) is 0 Å². The second kappa shape index (κ2) is 7.73. The normalized spacial score (nSPS) is 12.7. The summed E-state index contributed by atoms with van der Waals surface area (Å²) in [6, 6.07) is 6.48. The number of halogens is 1. The zero-order chi connectivity index (χ0) is 12.7. The molecule has 1 unspecified atom stereocenters. The lowest BCUT2D eigenvalue weighted by Gasteiger charge is -2.16. The predicted molar refractivity (Wildman–Crippen MR) is 76.7 cm³/mol. The molecule has 1 aromatic carbocycles. The predicted octanol–water partition coefficient (Wildman–Crippen LogP) is 4.05. The van der Waals surface area contributed by atoms with Gasteiger partial charge in [0.1, 0.15) is 0 Å². The summed E-state index contributed by atoms with van der Waals surface area (Å²) >= 11 is 5.79. The molecule has 1 rings (SSSR count). The number of alkyl halides is 1. The number of benzene rings is 1. The lowest BCUT2D eigenvalue weighted by atomic mass is 10.0. The van der Waals surface area contributed by atoms with E-state index in [1.54, 1.807) is 0 Å². The van der Waals surface area contributed by atoms with Gasteiger partial charge in [0.2, 0.25) is 0 Å². The van der Waals surface area contributed by atoms with Crippen LogP contribution in [0.15, 0.2) is 18.2 Å². The number of hydrogen-bond donors (Lipinski definition) is 1. The minimum absolute atomic E-state index is 0.705. The second-order valence-corrected chi connectivity index (χ2v) is 5.13. The summed E-state index contributed by atoms with van der Waals surface area (Å²) in [6.45, 7) is 8.63. The average Bonchev–Trinajstić information content (AvgIpc) is 2.31. The van der Waals surface area contributed by atoms with Crippen molar-refractivity contribution in [1.29, 1.82) is 0 Å². The minimum Gasteiger partial charge on any atom is -0.312 e. The topological polar surface area (TPSA) is 12.0 Å². The molecular weight excluding hydrogens is 230 g/mol. The minimum atomic E-state index is 0.705. The number of hydrogen-bond acceptors (Lipinski definition) is 1. The highest BCUT2D eigenvalue weighted by molar-refractivity contribution is 6.17. The lowest BCUT2D eigenvalue weighted by Crippen LogP contribution is -2.23. The van der Waals surface area contributed by atoms with Gasteiger partial charge in [0.15, 0.2) is 0 Å². The van der Waals surface area contributed by atoms with Gasteiger partial charge >= 0.3 is 0 Å². The van der Waals surface area contributed by atoms with Gasteiger partial charge in [-0.1, -0.05) is 31.5 Å². The Balaban J connectivity index is 2.45. The summed E-state index contributed by atoms with van der Waals surface area (Å²) in [4.78, 5) is 0. The molecule has 0 saturated carbocycles. The molecular formula is C15H24ClN. The molecule has 0 amide bonds. The standard InChI is InChI=1S/C15H24ClN/c1-4-14(8-9-16)10-17-11-15-12(2)6-5-7-13(15)3/h5-7,14,17H,4,8-11H2,1-3H3. The first kappa shape index (κ1) is 14.5. The monoisotopic (exact) mass is 253 g/mol.